The molecule has 2 rings (SSSR count). The van der Waals surface area contributed by atoms with Gasteiger partial charge in [-0.05, 0) is 19.1 Å². The minimum Gasteiger partial charge on any atom is -0.372 e. The SMILES string of the molecule is CCOCC(=O)N(C)Cc1cnc2ccccc2n1. The second-order valence-corrected chi connectivity index (χ2v) is 4.24. The lowest BCUT2D eigenvalue weighted by Gasteiger charge is -2.16. The van der Waals surface area contributed by atoms with Crippen molar-refractivity contribution in [2.45, 2.75) is 13.5 Å². The number of rotatable bonds is 5. The molecule has 2 aromatic rings. The van der Waals surface area contributed by atoms with E-state index in [2.05, 4.69) is 9.97 Å². The van der Waals surface area contributed by atoms with E-state index in [-0.39, 0.29) is 12.5 Å². The highest BCUT2D eigenvalue weighted by atomic mass is 16.5. The Bertz CT molecular complexity index is 571. The molecule has 0 saturated carbocycles. The topological polar surface area (TPSA) is 55.3 Å². The number of likely N-dealkylation sites (N-methyl/N-ethyl adjacent to an activating group) is 1. The molecular formula is C14H17N3O2. The standard InChI is InChI=1S/C14H17N3O2/c1-3-19-10-14(18)17(2)9-11-8-15-12-6-4-5-7-13(12)16-11/h4-8H,3,9-10H2,1-2H3. The largest absolute Gasteiger partial charge is 0.372 e. The first-order valence-corrected chi connectivity index (χ1v) is 6.23. The number of carbonyl (C=O) groups excluding carboxylic acids is 1. The predicted octanol–water partition coefficient (Wildman–Crippen LogP) is 1.62. The highest BCUT2D eigenvalue weighted by Crippen LogP contribution is 2.09. The van der Waals surface area contributed by atoms with Crippen molar-refractivity contribution in [1.82, 2.24) is 14.9 Å². The van der Waals surface area contributed by atoms with Crippen LogP contribution >= 0.6 is 0 Å². The van der Waals surface area contributed by atoms with E-state index in [1.807, 2.05) is 31.2 Å². The van der Waals surface area contributed by atoms with Crippen LogP contribution in [0.5, 0.6) is 0 Å². The van der Waals surface area contributed by atoms with Gasteiger partial charge in [0.1, 0.15) is 6.61 Å². The zero-order valence-corrected chi connectivity index (χ0v) is 11.2. The first kappa shape index (κ1) is 13.4. The summed E-state index contributed by atoms with van der Waals surface area (Å²) in [5.41, 5.74) is 2.46. The Balaban J connectivity index is 2.06. The van der Waals surface area contributed by atoms with E-state index < -0.39 is 0 Å². The molecule has 1 aromatic carbocycles. The third-order valence-corrected chi connectivity index (χ3v) is 2.75. The van der Waals surface area contributed by atoms with E-state index in [1.54, 1.807) is 18.1 Å². The minimum atomic E-state index is -0.0585. The number of aromatic nitrogens is 2. The zero-order chi connectivity index (χ0) is 13.7. The molecule has 0 aliphatic heterocycles. The monoisotopic (exact) mass is 259 g/mol. The first-order chi connectivity index (χ1) is 9.20. The maximum Gasteiger partial charge on any atom is 0.248 e. The number of amides is 1. The van der Waals surface area contributed by atoms with Crippen molar-refractivity contribution >= 4 is 16.9 Å². The van der Waals surface area contributed by atoms with Crippen LogP contribution in [0.15, 0.2) is 30.5 Å². The Morgan fingerprint density at radius 2 is 2.05 bits per heavy atom. The average Bonchev–Trinajstić information content (AvgIpc) is 2.44. The fraction of sp³-hybridized carbons (Fsp3) is 0.357. The maximum absolute atomic E-state index is 11.7. The third kappa shape index (κ3) is 3.48. The molecule has 100 valence electrons. The van der Waals surface area contributed by atoms with Crippen molar-refractivity contribution in [3.8, 4) is 0 Å². The number of fused-ring (bicyclic) bond motifs is 1. The molecule has 0 unspecified atom stereocenters. The molecule has 19 heavy (non-hydrogen) atoms. The molecular weight excluding hydrogens is 242 g/mol. The lowest BCUT2D eigenvalue weighted by molar-refractivity contribution is -0.135. The summed E-state index contributed by atoms with van der Waals surface area (Å²) in [6, 6.07) is 7.67. The molecule has 0 aliphatic carbocycles. The molecule has 1 aromatic heterocycles. The normalized spacial score (nSPS) is 10.6. The molecule has 0 radical (unpaired) electrons. The maximum atomic E-state index is 11.7. The van der Waals surface area contributed by atoms with Crippen LogP contribution < -0.4 is 0 Å². The molecule has 0 saturated heterocycles. The molecule has 0 bridgehead atoms. The van der Waals surface area contributed by atoms with Gasteiger partial charge >= 0.3 is 0 Å². The van der Waals surface area contributed by atoms with Crippen LogP contribution in [0.4, 0.5) is 0 Å². The summed E-state index contributed by atoms with van der Waals surface area (Å²) in [6.45, 7) is 2.94. The van der Waals surface area contributed by atoms with Crippen molar-refractivity contribution in [2.24, 2.45) is 0 Å². The molecule has 0 N–H and O–H groups in total. The van der Waals surface area contributed by atoms with Crippen molar-refractivity contribution in [1.29, 1.82) is 0 Å². The van der Waals surface area contributed by atoms with E-state index in [1.165, 1.54) is 0 Å². The predicted molar refractivity (Wildman–Crippen MR) is 72.5 cm³/mol. The van der Waals surface area contributed by atoms with Crippen LogP contribution in [0.25, 0.3) is 11.0 Å². The summed E-state index contributed by atoms with van der Waals surface area (Å²) in [4.78, 5) is 22.1. The number of para-hydroxylation sites is 2. The van der Waals surface area contributed by atoms with Gasteiger partial charge in [0.05, 0.1) is 29.5 Å². The van der Waals surface area contributed by atoms with Crippen LogP contribution in [0.3, 0.4) is 0 Å². The van der Waals surface area contributed by atoms with Crippen LogP contribution in [-0.2, 0) is 16.1 Å². The van der Waals surface area contributed by atoms with Gasteiger partial charge in [-0.1, -0.05) is 12.1 Å². The minimum absolute atomic E-state index is 0.0585. The number of carbonyl (C=O) groups is 1. The van der Waals surface area contributed by atoms with Gasteiger partial charge < -0.3 is 9.64 Å². The second-order valence-electron chi connectivity index (χ2n) is 4.24. The number of hydrogen-bond acceptors (Lipinski definition) is 4. The molecule has 0 aliphatic rings. The van der Waals surface area contributed by atoms with Gasteiger partial charge in [0.25, 0.3) is 0 Å². The molecule has 5 nitrogen and oxygen atoms in total. The van der Waals surface area contributed by atoms with Crippen LogP contribution in [0.2, 0.25) is 0 Å². The Morgan fingerprint density at radius 3 is 2.79 bits per heavy atom. The van der Waals surface area contributed by atoms with Gasteiger partial charge in [-0.25, -0.2) is 4.98 Å². The molecule has 0 spiro atoms. The van der Waals surface area contributed by atoms with Crippen LogP contribution in [0.1, 0.15) is 12.6 Å². The number of benzene rings is 1. The van der Waals surface area contributed by atoms with Crippen molar-refractivity contribution in [3.05, 3.63) is 36.2 Å². The quantitative estimate of drug-likeness (QED) is 0.819. The average molecular weight is 259 g/mol. The van der Waals surface area contributed by atoms with Gasteiger partial charge in [0, 0.05) is 13.7 Å². The van der Waals surface area contributed by atoms with E-state index in [9.17, 15) is 4.79 Å². The van der Waals surface area contributed by atoms with Crippen molar-refractivity contribution in [3.63, 3.8) is 0 Å². The summed E-state index contributed by atoms with van der Waals surface area (Å²) in [7, 11) is 1.73. The summed E-state index contributed by atoms with van der Waals surface area (Å²) < 4.78 is 5.10. The first-order valence-electron chi connectivity index (χ1n) is 6.23. The van der Waals surface area contributed by atoms with Crippen molar-refractivity contribution < 1.29 is 9.53 Å². The highest BCUT2D eigenvalue weighted by Gasteiger charge is 2.10. The lowest BCUT2D eigenvalue weighted by atomic mass is 10.3. The fourth-order valence-corrected chi connectivity index (χ4v) is 1.70. The molecule has 0 fully saturated rings. The van der Waals surface area contributed by atoms with Crippen LogP contribution in [0, 0.1) is 0 Å². The summed E-state index contributed by atoms with van der Waals surface area (Å²) in [6.07, 6.45) is 1.70. The molecule has 5 heteroatoms. The van der Waals surface area contributed by atoms with E-state index in [0.29, 0.717) is 13.2 Å². The highest BCUT2D eigenvalue weighted by molar-refractivity contribution is 5.77. The second kappa shape index (κ2) is 6.24. The fourth-order valence-electron chi connectivity index (χ4n) is 1.70. The Morgan fingerprint density at radius 1 is 1.32 bits per heavy atom. The van der Waals surface area contributed by atoms with Gasteiger partial charge in [0.15, 0.2) is 0 Å². The van der Waals surface area contributed by atoms with E-state index in [0.717, 1.165) is 16.7 Å². The van der Waals surface area contributed by atoms with Crippen molar-refractivity contribution in [2.75, 3.05) is 20.3 Å². The van der Waals surface area contributed by atoms with Gasteiger partial charge in [0.2, 0.25) is 5.91 Å². The molecule has 0 atom stereocenters. The Hall–Kier alpha value is -2.01. The summed E-state index contributed by atoms with van der Waals surface area (Å²) in [5, 5.41) is 0. The van der Waals surface area contributed by atoms with E-state index in [4.69, 9.17) is 4.74 Å². The smallest absolute Gasteiger partial charge is 0.248 e. The molecule has 1 heterocycles. The number of ether oxygens (including phenoxy) is 1. The molecule has 1 amide bonds. The number of nitrogens with zero attached hydrogens (tertiary/aromatic N) is 3. The van der Waals surface area contributed by atoms with Gasteiger partial charge in [-0.15, -0.1) is 0 Å². The lowest BCUT2D eigenvalue weighted by Crippen LogP contribution is -2.30. The van der Waals surface area contributed by atoms with E-state index >= 15 is 0 Å². The summed E-state index contributed by atoms with van der Waals surface area (Å²) in [5.74, 6) is -0.0585. The Labute approximate surface area is 112 Å². The van der Waals surface area contributed by atoms with Gasteiger partial charge in [-0.3, -0.25) is 9.78 Å². The third-order valence-electron chi connectivity index (χ3n) is 2.75. The number of hydrogen-bond donors (Lipinski definition) is 0. The van der Waals surface area contributed by atoms with Crippen LogP contribution in [-0.4, -0.2) is 41.0 Å². The zero-order valence-electron chi connectivity index (χ0n) is 11.2. The van der Waals surface area contributed by atoms with Gasteiger partial charge in [-0.2, -0.15) is 0 Å². The summed E-state index contributed by atoms with van der Waals surface area (Å²) >= 11 is 0. The Kier molecular flexibility index (Phi) is 4.41.